The lowest BCUT2D eigenvalue weighted by molar-refractivity contribution is -0.128. The minimum atomic E-state index is -0.432. The van der Waals surface area contributed by atoms with E-state index in [1.807, 2.05) is 0 Å². The second-order valence-corrected chi connectivity index (χ2v) is 6.61. The minimum Gasteiger partial charge on any atom is -0.465 e. The van der Waals surface area contributed by atoms with E-state index in [1.165, 1.54) is 18.9 Å². The Hall–Kier alpha value is -2.35. The Morgan fingerprint density at radius 1 is 1.38 bits per heavy atom. The summed E-state index contributed by atoms with van der Waals surface area (Å²) in [5.41, 5.74) is 0.977. The van der Waals surface area contributed by atoms with Crippen LogP contribution >= 0.6 is 11.8 Å². The van der Waals surface area contributed by atoms with Crippen molar-refractivity contribution in [1.82, 2.24) is 4.90 Å². The molecule has 1 N–H and O–H groups in total. The highest BCUT2D eigenvalue weighted by molar-refractivity contribution is 8.15. The highest BCUT2D eigenvalue weighted by Gasteiger charge is 2.39. The zero-order valence-electron chi connectivity index (χ0n) is 13.2. The zero-order chi connectivity index (χ0) is 17.1. The molecule has 1 atom stereocenters. The molecule has 0 aliphatic carbocycles. The fraction of sp³-hybridized carbons (Fsp3) is 0.375. The van der Waals surface area contributed by atoms with Crippen LogP contribution in [-0.2, 0) is 14.3 Å². The highest BCUT2D eigenvalue weighted by Crippen LogP contribution is 2.31. The van der Waals surface area contributed by atoms with Crippen molar-refractivity contribution >= 4 is 40.4 Å². The smallest absolute Gasteiger partial charge is 0.337 e. The van der Waals surface area contributed by atoms with Crippen LogP contribution in [0.2, 0.25) is 0 Å². The second kappa shape index (κ2) is 7.04. The third kappa shape index (κ3) is 3.43. The Morgan fingerprint density at radius 3 is 2.79 bits per heavy atom. The number of thioether (sulfide) groups is 1. The van der Waals surface area contributed by atoms with Crippen molar-refractivity contribution in [2.45, 2.75) is 18.1 Å². The van der Waals surface area contributed by atoms with Gasteiger partial charge in [-0.3, -0.25) is 19.5 Å². The molecular formula is C16H17N3O4S. The van der Waals surface area contributed by atoms with Crippen LogP contribution in [0.25, 0.3) is 0 Å². The first-order valence-electron chi connectivity index (χ1n) is 7.59. The largest absolute Gasteiger partial charge is 0.465 e. The normalized spacial score (nSPS) is 19.5. The van der Waals surface area contributed by atoms with E-state index in [0.717, 1.165) is 18.1 Å². The first-order valence-corrected chi connectivity index (χ1v) is 8.47. The number of hydrogen-bond donors (Lipinski definition) is 1. The third-order valence-corrected chi connectivity index (χ3v) is 4.98. The molecule has 2 aliphatic rings. The van der Waals surface area contributed by atoms with Crippen LogP contribution in [0.1, 0.15) is 23.2 Å². The van der Waals surface area contributed by atoms with Crippen molar-refractivity contribution in [3.05, 3.63) is 29.8 Å². The van der Waals surface area contributed by atoms with Gasteiger partial charge in [-0.15, -0.1) is 0 Å². The van der Waals surface area contributed by atoms with Gasteiger partial charge in [0, 0.05) is 25.2 Å². The van der Waals surface area contributed by atoms with Crippen LogP contribution in [0.15, 0.2) is 29.3 Å². The lowest BCUT2D eigenvalue weighted by atomic mass is 10.2. The Morgan fingerprint density at radius 2 is 2.12 bits per heavy atom. The summed E-state index contributed by atoms with van der Waals surface area (Å²) in [5.74, 6) is -0.722. The topological polar surface area (TPSA) is 88.1 Å². The molecule has 0 spiro atoms. The molecule has 3 rings (SSSR count). The number of esters is 1. The van der Waals surface area contributed by atoms with Crippen molar-refractivity contribution in [2.75, 3.05) is 25.5 Å². The van der Waals surface area contributed by atoms with Gasteiger partial charge in [0.1, 0.15) is 5.25 Å². The van der Waals surface area contributed by atoms with Crippen molar-refractivity contribution in [2.24, 2.45) is 4.99 Å². The number of amides is 2. The molecule has 1 unspecified atom stereocenters. The SMILES string of the molecule is COC(=O)c1ccc(NC(=O)CC2SC3=NCCCN3C2=O)cc1. The number of nitrogens with one attached hydrogen (secondary N) is 1. The number of rotatable bonds is 4. The molecule has 1 aromatic carbocycles. The summed E-state index contributed by atoms with van der Waals surface area (Å²) in [6, 6.07) is 6.40. The van der Waals surface area contributed by atoms with Crippen LogP contribution in [0.4, 0.5) is 5.69 Å². The quantitative estimate of drug-likeness (QED) is 0.834. The van der Waals surface area contributed by atoms with E-state index in [4.69, 9.17) is 0 Å². The molecule has 2 heterocycles. The zero-order valence-corrected chi connectivity index (χ0v) is 14.0. The van der Waals surface area contributed by atoms with Crippen LogP contribution in [0, 0.1) is 0 Å². The standard InChI is InChI=1S/C16H17N3O4S/c1-23-15(22)10-3-5-11(6-4-10)18-13(20)9-12-14(21)19-8-2-7-17-16(19)24-12/h3-6,12H,2,7-9H2,1H3,(H,18,20). The van der Waals surface area contributed by atoms with Crippen LogP contribution in [0.5, 0.6) is 0 Å². The number of ether oxygens (including phenoxy) is 1. The van der Waals surface area contributed by atoms with Gasteiger partial charge in [0.05, 0.1) is 12.7 Å². The molecule has 1 saturated heterocycles. The van der Waals surface area contributed by atoms with E-state index in [0.29, 0.717) is 17.8 Å². The van der Waals surface area contributed by atoms with Crippen molar-refractivity contribution in [3.8, 4) is 0 Å². The summed E-state index contributed by atoms with van der Waals surface area (Å²) in [5, 5.41) is 3.05. The first-order chi connectivity index (χ1) is 11.6. The molecule has 0 radical (unpaired) electrons. The predicted molar refractivity (Wildman–Crippen MR) is 91.0 cm³/mol. The number of hydrogen-bond acceptors (Lipinski definition) is 6. The number of fused-ring (bicyclic) bond motifs is 1. The van der Waals surface area contributed by atoms with Crippen molar-refractivity contribution in [1.29, 1.82) is 0 Å². The first kappa shape index (κ1) is 16.5. The summed E-state index contributed by atoms with van der Waals surface area (Å²) >= 11 is 1.36. The number of carbonyl (C=O) groups is 3. The summed E-state index contributed by atoms with van der Waals surface area (Å²) in [6.45, 7) is 1.41. The van der Waals surface area contributed by atoms with Gasteiger partial charge in [-0.1, -0.05) is 11.8 Å². The van der Waals surface area contributed by atoms with E-state index in [1.54, 1.807) is 29.2 Å². The Labute approximate surface area is 143 Å². The molecule has 0 bridgehead atoms. The van der Waals surface area contributed by atoms with Crippen LogP contribution in [-0.4, -0.2) is 53.3 Å². The van der Waals surface area contributed by atoms with Crippen LogP contribution in [0.3, 0.4) is 0 Å². The molecule has 8 heteroatoms. The van der Waals surface area contributed by atoms with Gasteiger partial charge in [-0.2, -0.15) is 0 Å². The molecule has 0 aromatic heterocycles. The average molecular weight is 347 g/mol. The maximum Gasteiger partial charge on any atom is 0.337 e. The van der Waals surface area contributed by atoms with Gasteiger partial charge >= 0.3 is 5.97 Å². The third-order valence-electron chi connectivity index (χ3n) is 3.77. The van der Waals surface area contributed by atoms with E-state index < -0.39 is 11.2 Å². The monoisotopic (exact) mass is 347 g/mol. The number of aliphatic imine (C=N–C) groups is 1. The van der Waals surface area contributed by atoms with E-state index in [2.05, 4.69) is 15.0 Å². The van der Waals surface area contributed by atoms with Crippen LogP contribution < -0.4 is 5.32 Å². The Bertz CT molecular complexity index is 702. The number of anilines is 1. The van der Waals surface area contributed by atoms with Gasteiger partial charge in [0.2, 0.25) is 11.8 Å². The summed E-state index contributed by atoms with van der Waals surface area (Å²) in [4.78, 5) is 41.8. The van der Waals surface area contributed by atoms with Gasteiger partial charge in [-0.25, -0.2) is 4.79 Å². The van der Waals surface area contributed by atoms with E-state index in [-0.39, 0.29) is 18.2 Å². The number of amidine groups is 1. The Balaban J connectivity index is 1.58. The van der Waals surface area contributed by atoms with Gasteiger partial charge < -0.3 is 10.1 Å². The lowest BCUT2D eigenvalue weighted by Gasteiger charge is -2.19. The minimum absolute atomic E-state index is 0.0466. The van der Waals surface area contributed by atoms with Gasteiger partial charge in [0.15, 0.2) is 5.17 Å². The van der Waals surface area contributed by atoms with Crippen molar-refractivity contribution in [3.63, 3.8) is 0 Å². The molecular weight excluding hydrogens is 330 g/mol. The molecule has 24 heavy (non-hydrogen) atoms. The maximum atomic E-state index is 12.3. The summed E-state index contributed by atoms with van der Waals surface area (Å²) in [7, 11) is 1.31. The molecule has 0 saturated carbocycles. The molecule has 1 aromatic rings. The number of carbonyl (C=O) groups excluding carboxylic acids is 3. The predicted octanol–water partition coefficient (Wildman–Crippen LogP) is 1.51. The molecule has 126 valence electrons. The second-order valence-electron chi connectivity index (χ2n) is 5.44. The molecule has 2 amide bonds. The summed E-state index contributed by atoms with van der Waals surface area (Å²) in [6.07, 6.45) is 0.957. The number of benzene rings is 1. The maximum absolute atomic E-state index is 12.3. The number of nitrogens with zero attached hydrogens (tertiary/aromatic N) is 2. The van der Waals surface area contributed by atoms with E-state index in [9.17, 15) is 14.4 Å². The fourth-order valence-electron chi connectivity index (χ4n) is 2.56. The Kier molecular flexibility index (Phi) is 4.84. The van der Waals surface area contributed by atoms with Gasteiger partial charge in [-0.05, 0) is 30.7 Å². The molecule has 1 fully saturated rings. The van der Waals surface area contributed by atoms with Crippen molar-refractivity contribution < 1.29 is 19.1 Å². The van der Waals surface area contributed by atoms with E-state index >= 15 is 0 Å². The highest BCUT2D eigenvalue weighted by atomic mass is 32.2. The molecule has 2 aliphatic heterocycles. The molecule has 7 nitrogen and oxygen atoms in total. The lowest BCUT2D eigenvalue weighted by Crippen LogP contribution is -2.36. The average Bonchev–Trinajstić information content (AvgIpc) is 2.91. The number of methoxy groups -OCH3 is 1. The summed E-state index contributed by atoms with van der Waals surface area (Å²) < 4.78 is 4.62. The van der Waals surface area contributed by atoms with Gasteiger partial charge in [0.25, 0.3) is 0 Å². The fourth-order valence-corrected chi connectivity index (χ4v) is 3.75.